The smallest absolute Gasteiger partial charge is 0.272 e. The van der Waals surface area contributed by atoms with Crippen LogP contribution >= 0.6 is 0 Å². The lowest BCUT2D eigenvalue weighted by Gasteiger charge is -2.06. The van der Waals surface area contributed by atoms with E-state index in [1.54, 1.807) is 12.1 Å². The molecule has 5 heteroatoms. The fourth-order valence-corrected chi connectivity index (χ4v) is 0.874. The lowest BCUT2D eigenvalue weighted by molar-refractivity contribution is 0.0822. The Labute approximate surface area is 79.0 Å². The second-order valence-electron chi connectivity index (χ2n) is 2.37. The molecular weight excluding hydrogens is 192 g/mol. The number of rotatable bonds is 4. The Kier molecular flexibility index (Phi) is 3.76. The topological polar surface area (TPSA) is 38.7 Å². The first kappa shape index (κ1) is 10.3. The first-order chi connectivity index (χ1) is 6.74. The van der Waals surface area contributed by atoms with E-state index in [9.17, 15) is 13.6 Å². The molecule has 14 heavy (non-hydrogen) atoms. The van der Waals surface area contributed by atoms with Crippen molar-refractivity contribution in [3.8, 4) is 5.75 Å². The number of hydrogen-bond acceptors (Lipinski definition) is 3. The molecule has 1 aromatic rings. The number of alkyl halides is 2. The van der Waals surface area contributed by atoms with Gasteiger partial charge in [-0.25, -0.2) is 13.6 Å². The van der Waals surface area contributed by atoms with Gasteiger partial charge in [0.2, 0.25) is 6.08 Å². The SMILES string of the molecule is O=C=Nc1ccccc1OCC(F)F. The number of ether oxygens (including phenoxy) is 1. The highest BCUT2D eigenvalue weighted by atomic mass is 19.3. The quantitative estimate of drug-likeness (QED) is 0.551. The number of hydrogen-bond donors (Lipinski definition) is 0. The van der Waals surface area contributed by atoms with Crippen LogP contribution < -0.4 is 4.74 Å². The summed E-state index contributed by atoms with van der Waals surface area (Å²) in [5.74, 6) is 0.149. The Hall–Kier alpha value is -1.74. The molecule has 0 fully saturated rings. The molecule has 0 N–H and O–H groups in total. The Morgan fingerprint density at radius 2 is 2.14 bits per heavy atom. The summed E-state index contributed by atoms with van der Waals surface area (Å²) >= 11 is 0. The van der Waals surface area contributed by atoms with E-state index in [0.717, 1.165) is 0 Å². The van der Waals surface area contributed by atoms with E-state index in [4.69, 9.17) is 4.74 Å². The van der Waals surface area contributed by atoms with E-state index in [-0.39, 0.29) is 11.4 Å². The van der Waals surface area contributed by atoms with Crippen LogP contribution in [0.3, 0.4) is 0 Å². The minimum atomic E-state index is -2.55. The summed E-state index contributed by atoms with van der Waals surface area (Å²) in [4.78, 5) is 13.3. The van der Waals surface area contributed by atoms with E-state index in [1.165, 1.54) is 18.2 Å². The van der Waals surface area contributed by atoms with Gasteiger partial charge in [-0.2, -0.15) is 4.99 Å². The van der Waals surface area contributed by atoms with E-state index >= 15 is 0 Å². The maximum atomic E-state index is 11.8. The fourth-order valence-electron chi connectivity index (χ4n) is 0.874. The molecule has 0 aliphatic rings. The summed E-state index contributed by atoms with van der Waals surface area (Å²) in [6, 6.07) is 6.15. The van der Waals surface area contributed by atoms with Crippen molar-refractivity contribution < 1.29 is 18.3 Å². The standard InChI is InChI=1S/C9H7F2NO2/c10-9(11)5-14-8-4-2-1-3-7(8)12-6-13/h1-4,9H,5H2. The number of isocyanates is 1. The van der Waals surface area contributed by atoms with Crippen LogP contribution in [0.4, 0.5) is 14.5 Å². The predicted molar refractivity (Wildman–Crippen MR) is 45.7 cm³/mol. The largest absolute Gasteiger partial charge is 0.485 e. The zero-order valence-electron chi connectivity index (χ0n) is 7.11. The summed E-state index contributed by atoms with van der Waals surface area (Å²) in [7, 11) is 0. The molecule has 0 aromatic heterocycles. The maximum Gasteiger partial charge on any atom is 0.272 e. The van der Waals surface area contributed by atoms with Crippen molar-refractivity contribution in [3.63, 3.8) is 0 Å². The molecule has 0 radical (unpaired) electrons. The summed E-state index contributed by atoms with van der Waals surface area (Å²) < 4.78 is 28.3. The molecule has 3 nitrogen and oxygen atoms in total. The Morgan fingerprint density at radius 1 is 1.43 bits per heavy atom. The summed E-state index contributed by atoms with van der Waals surface area (Å²) in [5, 5.41) is 0. The molecular formula is C9H7F2NO2. The minimum Gasteiger partial charge on any atom is -0.485 e. The van der Waals surface area contributed by atoms with Crippen molar-refractivity contribution in [3.05, 3.63) is 24.3 Å². The van der Waals surface area contributed by atoms with Crippen molar-refractivity contribution >= 4 is 11.8 Å². The van der Waals surface area contributed by atoms with Gasteiger partial charge in [0.05, 0.1) is 0 Å². The average molecular weight is 199 g/mol. The number of aliphatic imine (C=N–C) groups is 1. The predicted octanol–water partition coefficient (Wildman–Crippen LogP) is 2.30. The highest BCUT2D eigenvalue weighted by Gasteiger charge is 2.06. The second kappa shape index (κ2) is 5.09. The molecule has 1 aromatic carbocycles. The number of para-hydroxylation sites is 2. The van der Waals surface area contributed by atoms with Crippen LogP contribution in [0.25, 0.3) is 0 Å². The zero-order valence-corrected chi connectivity index (χ0v) is 7.11. The van der Waals surface area contributed by atoms with Crippen LogP contribution in [0, 0.1) is 0 Å². The first-order valence-electron chi connectivity index (χ1n) is 3.82. The monoisotopic (exact) mass is 199 g/mol. The minimum absolute atomic E-state index is 0.149. The van der Waals surface area contributed by atoms with Crippen molar-refractivity contribution in [2.75, 3.05) is 6.61 Å². The molecule has 0 heterocycles. The van der Waals surface area contributed by atoms with Crippen molar-refractivity contribution in [2.24, 2.45) is 4.99 Å². The number of nitrogens with zero attached hydrogens (tertiary/aromatic N) is 1. The first-order valence-corrected chi connectivity index (χ1v) is 3.82. The number of benzene rings is 1. The van der Waals surface area contributed by atoms with E-state index in [1.807, 2.05) is 0 Å². The van der Waals surface area contributed by atoms with Crippen LogP contribution in [-0.4, -0.2) is 19.1 Å². The van der Waals surface area contributed by atoms with Gasteiger partial charge in [-0.3, -0.25) is 0 Å². The molecule has 0 bridgehead atoms. The normalized spacial score (nSPS) is 9.64. The molecule has 0 saturated carbocycles. The Balaban J connectivity index is 2.79. The molecule has 0 aliphatic carbocycles. The summed E-state index contributed by atoms with van der Waals surface area (Å²) in [6.07, 6.45) is -1.23. The van der Waals surface area contributed by atoms with Gasteiger partial charge in [0, 0.05) is 0 Å². The number of halogens is 2. The highest BCUT2D eigenvalue weighted by Crippen LogP contribution is 2.26. The van der Waals surface area contributed by atoms with Gasteiger partial charge < -0.3 is 4.74 Å². The third-order valence-electron chi connectivity index (χ3n) is 1.40. The molecule has 0 unspecified atom stereocenters. The van der Waals surface area contributed by atoms with Crippen LogP contribution in [0.1, 0.15) is 0 Å². The van der Waals surface area contributed by atoms with E-state index < -0.39 is 13.0 Å². The molecule has 74 valence electrons. The third kappa shape index (κ3) is 2.95. The van der Waals surface area contributed by atoms with Gasteiger partial charge in [-0.15, -0.1) is 0 Å². The fraction of sp³-hybridized carbons (Fsp3) is 0.222. The lowest BCUT2D eigenvalue weighted by Crippen LogP contribution is -2.06. The molecule has 1 rings (SSSR count). The molecule has 0 saturated heterocycles. The van der Waals surface area contributed by atoms with Crippen LogP contribution in [0.2, 0.25) is 0 Å². The van der Waals surface area contributed by atoms with Crippen LogP contribution in [0.5, 0.6) is 5.75 Å². The van der Waals surface area contributed by atoms with Crippen molar-refractivity contribution in [2.45, 2.75) is 6.43 Å². The zero-order chi connectivity index (χ0) is 10.4. The Bertz CT molecular complexity index is 348. The lowest BCUT2D eigenvalue weighted by atomic mass is 10.3. The van der Waals surface area contributed by atoms with Gasteiger partial charge in [0.1, 0.15) is 18.0 Å². The van der Waals surface area contributed by atoms with Crippen molar-refractivity contribution in [1.29, 1.82) is 0 Å². The van der Waals surface area contributed by atoms with Gasteiger partial charge in [-0.05, 0) is 12.1 Å². The molecule has 0 amide bonds. The second-order valence-corrected chi connectivity index (χ2v) is 2.37. The van der Waals surface area contributed by atoms with Crippen LogP contribution in [0.15, 0.2) is 29.3 Å². The van der Waals surface area contributed by atoms with E-state index in [0.29, 0.717) is 0 Å². The van der Waals surface area contributed by atoms with Crippen molar-refractivity contribution in [1.82, 2.24) is 0 Å². The van der Waals surface area contributed by atoms with E-state index in [2.05, 4.69) is 4.99 Å². The van der Waals surface area contributed by atoms with Gasteiger partial charge >= 0.3 is 0 Å². The van der Waals surface area contributed by atoms with Gasteiger partial charge in [-0.1, -0.05) is 12.1 Å². The van der Waals surface area contributed by atoms with Crippen LogP contribution in [-0.2, 0) is 4.79 Å². The Morgan fingerprint density at radius 3 is 2.79 bits per heavy atom. The summed E-state index contributed by atoms with van der Waals surface area (Å²) in [5.41, 5.74) is 0.197. The molecule has 0 aliphatic heterocycles. The summed E-state index contributed by atoms with van der Waals surface area (Å²) in [6.45, 7) is -0.717. The average Bonchev–Trinajstić information content (AvgIpc) is 2.17. The maximum absolute atomic E-state index is 11.8. The van der Waals surface area contributed by atoms with Gasteiger partial charge in [0.25, 0.3) is 6.43 Å². The highest BCUT2D eigenvalue weighted by molar-refractivity contribution is 5.57. The number of carbonyl (C=O) groups excluding carboxylic acids is 1. The third-order valence-corrected chi connectivity index (χ3v) is 1.40. The van der Waals surface area contributed by atoms with Gasteiger partial charge in [0.15, 0.2) is 0 Å². The molecule has 0 atom stereocenters. The molecule has 0 spiro atoms.